The van der Waals surface area contributed by atoms with Crippen molar-refractivity contribution in [3.63, 3.8) is 0 Å². The summed E-state index contributed by atoms with van der Waals surface area (Å²) in [5, 5.41) is 11.8. The van der Waals surface area contributed by atoms with Gasteiger partial charge in [0.2, 0.25) is 0 Å². The highest BCUT2D eigenvalue weighted by molar-refractivity contribution is 5.61. The predicted octanol–water partition coefficient (Wildman–Crippen LogP) is 0.604. The lowest BCUT2D eigenvalue weighted by molar-refractivity contribution is 0.453. The smallest absolute Gasteiger partial charge is 0.148 e. The molecule has 1 unspecified atom stereocenters. The fourth-order valence-corrected chi connectivity index (χ4v) is 2.23. The van der Waals surface area contributed by atoms with Gasteiger partial charge in [-0.1, -0.05) is 0 Å². The van der Waals surface area contributed by atoms with Crippen LogP contribution in [-0.4, -0.2) is 26.1 Å². The lowest BCUT2D eigenvalue weighted by Crippen LogP contribution is -2.26. The molecule has 3 rings (SSSR count). The monoisotopic (exact) mass is 218 g/mol. The van der Waals surface area contributed by atoms with Gasteiger partial charge in [-0.25, -0.2) is 4.68 Å². The molecule has 84 valence electrons. The number of anilines is 2. The van der Waals surface area contributed by atoms with Crippen LogP contribution in [0.1, 0.15) is 18.2 Å². The highest BCUT2D eigenvalue weighted by Gasteiger charge is 2.25. The fraction of sp³-hybridized carbons (Fsp3) is 0.400. The zero-order valence-corrected chi connectivity index (χ0v) is 9.09. The summed E-state index contributed by atoms with van der Waals surface area (Å²) >= 11 is 0. The van der Waals surface area contributed by atoms with Crippen molar-refractivity contribution in [3.05, 3.63) is 24.2 Å². The lowest BCUT2D eigenvalue weighted by atomic mass is 10.1. The summed E-state index contributed by atoms with van der Waals surface area (Å²) in [5.74, 6) is 0.914. The van der Waals surface area contributed by atoms with Crippen molar-refractivity contribution in [1.82, 2.24) is 19.6 Å². The first kappa shape index (κ1) is 9.26. The third-order valence-electron chi connectivity index (χ3n) is 3.03. The van der Waals surface area contributed by atoms with Crippen molar-refractivity contribution in [1.29, 1.82) is 0 Å². The third kappa shape index (κ3) is 1.19. The van der Waals surface area contributed by atoms with Gasteiger partial charge in [0.1, 0.15) is 5.82 Å². The van der Waals surface area contributed by atoms with Crippen molar-refractivity contribution < 1.29 is 0 Å². The van der Waals surface area contributed by atoms with Crippen LogP contribution in [0.25, 0.3) is 0 Å². The molecule has 16 heavy (non-hydrogen) atoms. The molecule has 3 N–H and O–H groups in total. The zero-order valence-electron chi connectivity index (χ0n) is 9.09. The average Bonchev–Trinajstić information content (AvgIpc) is 2.86. The third-order valence-corrected chi connectivity index (χ3v) is 3.03. The zero-order chi connectivity index (χ0) is 11.1. The molecule has 6 heteroatoms. The number of nitrogens with zero attached hydrogens (tertiary/aromatic N) is 4. The molecule has 0 bridgehead atoms. The summed E-state index contributed by atoms with van der Waals surface area (Å²) in [5.41, 5.74) is 7.71. The van der Waals surface area contributed by atoms with Crippen molar-refractivity contribution >= 4 is 11.5 Å². The lowest BCUT2D eigenvalue weighted by Gasteiger charge is -2.25. The Bertz CT molecular complexity index is 511. The number of nitrogens with one attached hydrogen (secondary N) is 1. The van der Waals surface area contributed by atoms with Gasteiger partial charge in [0.05, 0.1) is 23.6 Å². The van der Waals surface area contributed by atoms with Gasteiger partial charge in [-0.15, -0.1) is 0 Å². The molecule has 0 amide bonds. The van der Waals surface area contributed by atoms with Crippen LogP contribution in [0.4, 0.5) is 11.5 Å². The van der Waals surface area contributed by atoms with E-state index in [9.17, 15) is 0 Å². The highest BCUT2D eigenvalue weighted by atomic mass is 15.4. The minimum atomic E-state index is 0.223. The van der Waals surface area contributed by atoms with E-state index < -0.39 is 0 Å². The Balaban J connectivity index is 2.08. The second kappa shape index (κ2) is 3.26. The van der Waals surface area contributed by atoms with E-state index in [2.05, 4.69) is 15.5 Å². The van der Waals surface area contributed by atoms with Crippen LogP contribution >= 0.6 is 0 Å². The molecule has 0 radical (unpaired) electrons. The average molecular weight is 218 g/mol. The molecule has 6 nitrogen and oxygen atoms in total. The Labute approximate surface area is 93.0 Å². The minimum Gasteiger partial charge on any atom is -0.394 e. The van der Waals surface area contributed by atoms with E-state index >= 15 is 0 Å². The summed E-state index contributed by atoms with van der Waals surface area (Å²) < 4.78 is 3.83. The fourth-order valence-electron chi connectivity index (χ4n) is 2.23. The molecule has 2 aromatic rings. The number of fused-ring (bicyclic) bond motifs is 1. The van der Waals surface area contributed by atoms with E-state index in [1.54, 1.807) is 6.20 Å². The summed E-state index contributed by atoms with van der Waals surface area (Å²) in [7, 11) is 1.95. The molecule has 1 atom stereocenters. The first-order valence-electron chi connectivity index (χ1n) is 5.32. The van der Waals surface area contributed by atoms with Gasteiger partial charge >= 0.3 is 0 Å². The maximum absolute atomic E-state index is 5.85. The Morgan fingerprint density at radius 2 is 2.38 bits per heavy atom. The molecule has 3 heterocycles. The minimum absolute atomic E-state index is 0.223. The number of aromatic nitrogens is 4. The molecular formula is C10H14N6. The van der Waals surface area contributed by atoms with Crippen LogP contribution in [-0.2, 0) is 7.05 Å². The Kier molecular flexibility index (Phi) is 1.89. The number of nitrogen functional groups attached to an aromatic ring is 1. The molecule has 2 aromatic heterocycles. The van der Waals surface area contributed by atoms with E-state index in [-0.39, 0.29) is 6.04 Å². The van der Waals surface area contributed by atoms with Gasteiger partial charge in [-0.3, -0.25) is 4.68 Å². The Hall–Kier alpha value is -1.98. The van der Waals surface area contributed by atoms with E-state index in [0.29, 0.717) is 5.69 Å². The molecule has 0 fully saturated rings. The summed E-state index contributed by atoms with van der Waals surface area (Å²) in [6.45, 7) is 0.908. The van der Waals surface area contributed by atoms with Gasteiger partial charge in [0.15, 0.2) is 0 Å². The predicted molar refractivity (Wildman–Crippen MR) is 61.1 cm³/mol. The Morgan fingerprint density at radius 3 is 3.12 bits per heavy atom. The number of rotatable bonds is 1. The summed E-state index contributed by atoms with van der Waals surface area (Å²) in [6.07, 6.45) is 4.49. The molecular weight excluding hydrogens is 204 g/mol. The second-order valence-corrected chi connectivity index (χ2v) is 4.00. The summed E-state index contributed by atoms with van der Waals surface area (Å²) in [4.78, 5) is 0. The van der Waals surface area contributed by atoms with Gasteiger partial charge < -0.3 is 11.1 Å². The number of hydrogen-bond acceptors (Lipinski definition) is 4. The maximum Gasteiger partial charge on any atom is 0.148 e. The van der Waals surface area contributed by atoms with Crippen molar-refractivity contribution in [3.8, 4) is 0 Å². The number of aryl methyl sites for hydroxylation is 1. The van der Waals surface area contributed by atoms with Gasteiger partial charge in [-0.05, 0) is 12.5 Å². The van der Waals surface area contributed by atoms with Crippen LogP contribution in [0.15, 0.2) is 18.5 Å². The van der Waals surface area contributed by atoms with E-state index in [1.165, 1.54) is 0 Å². The highest BCUT2D eigenvalue weighted by Crippen LogP contribution is 2.31. The van der Waals surface area contributed by atoms with Crippen LogP contribution in [0.2, 0.25) is 0 Å². The molecule has 0 aromatic carbocycles. The number of hydrogen-bond donors (Lipinski definition) is 2. The molecule has 0 spiro atoms. The number of nitrogens with two attached hydrogens (primary N) is 1. The van der Waals surface area contributed by atoms with Gasteiger partial charge in [-0.2, -0.15) is 10.2 Å². The van der Waals surface area contributed by atoms with Crippen LogP contribution in [0.5, 0.6) is 0 Å². The van der Waals surface area contributed by atoms with E-state index in [0.717, 1.165) is 24.5 Å². The second-order valence-electron chi connectivity index (χ2n) is 4.00. The Morgan fingerprint density at radius 1 is 1.50 bits per heavy atom. The first-order valence-corrected chi connectivity index (χ1v) is 5.32. The molecule has 0 aliphatic carbocycles. The molecule has 1 aliphatic heterocycles. The molecule has 0 saturated carbocycles. The van der Waals surface area contributed by atoms with Crippen LogP contribution in [0.3, 0.4) is 0 Å². The van der Waals surface area contributed by atoms with Gasteiger partial charge in [0.25, 0.3) is 0 Å². The van der Waals surface area contributed by atoms with Crippen molar-refractivity contribution in [2.75, 3.05) is 17.6 Å². The quantitative estimate of drug-likeness (QED) is 0.735. The normalized spacial score (nSPS) is 19.2. The largest absolute Gasteiger partial charge is 0.394 e. The maximum atomic E-state index is 5.85. The SMILES string of the molecule is Cn1nccc1C1CCNc2c(N)cnn21. The van der Waals surface area contributed by atoms with Crippen LogP contribution in [0, 0.1) is 0 Å². The van der Waals surface area contributed by atoms with E-state index in [1.807, 2.05) is 28.7 Å². The topological polar surface area (TPSA) is 73.7 Å². The first-order chi connectivity index (χ1) is 7.77. The molecule has 1 aliphatic rings. The van der Waals surface area contributed by atoms with Crippen molar-refractivity contribution in [2.24, 2.45) is 7.05 Å². The standard InChI is InChI=1S/C10H14N6/c1-15-8(3-5-13-15)9-2-4-12-10-7(11)6-14-16(9)10/h3,5-6,9,12H,2,4,11H2,1H3. The summed E-state index contributed by atoms with van der Waals surface area (Å²) in [6, 6.07) is 2.25. The van der Waals surface area contributed by atoms with E-state index in [4.69, 9.17) is 5.73 Å². The van der Waals surface area contributed by atoms with Crippen LogP contribution < -0.4 is 11.1 Å². The van der Waals surface area contributed by atoms with Gasteiger partial charge in [0, 0.05) is 19.8 Å². The molecule has 0 saturated heterocycles. The van der Waals surface area contributed by atoms with Crippen molar-refractivity contribution in [2.45, 2.75) is 12.5 Å².